The van der Waals surface area contributed by atoms with Gasteiger partial charge in [0.2, 0.25) is 12.2 Å². The number of nitrogens with two attached hydrogens (primary N) is 1. The van der Waals surface area contributed by atoms with Crippen LogP contribution in [-0.4, -0.2) is 70.5 Å². The molecule has 0 aromatic heterocycles. The van der Waals surface area contributed by atoms with Crippen LogP contribution in [0.2, 0.25) is 0 Å². The summed E-state index contributed by atoms with van der Waals surface area (Å²) in [7, 11) is 0. The Bertz CT molecular complexity index is 984. The summed E-state index contributed by atoms with van der Waals surface area (Å²) in [5.41, 5.74) is 5.19. The molecule has 3 rings (SSSR count). The Morgan fingerprint density at radius 3 is 2.32 bits per heavy atom. The third-order valence-corrected chi connectivity index (χ3v) is 6.98. The van der Waals surface area contributed by atoms with Crippen molar-refractivity contribution in [3.05, 3.63) is 35.4 Å². The molecule has 2 aliphatic rings. The van der Waals surface area contributed by atoms with Gasteiger partial charge in [-0.15, -0.1) is 0 Å². The summed E-state index contributed by atoms with van der Waals surface area (Å²) >= 11 is 0. The van der Waals surface area contributed by atoms with Crippen LogP contribution in [-0.2, 0) is 19.1 Å². The first-order chi connectivity index (χ1) is 15.9. The molecule has 0 spiro atoms. The quantitative estimate of drug-likeness (QED) is 0.223. The van der Waals surface area contributed by atoms with Crippen LogP contribution in [0, 0.1) is 10.8 Å². The number of amides is 2. The number of carbonyl (C=O) groups is 4. The van der Waals surface area contributed by atoms with E-state index in [2.05, 4.69) is 0 Å². The largest absolute Gasteiger partial charge is 0.457 e. The molecule has 0 bridgehead atoms. The van der Waals surface area contributed by atoms with E-state index in [4.69, 9.17) is 15.9 Å². The van der Waals surface area contributed by atoms with Crippen molar-refractivity contribution < 1.29 is 23.9 Å². The van der Waals surface area contributed by atoms with Crippen molar-refractivity contribution in [3.63, 3.8) is 0 Å². The number of nitrogens with zero attached hydrogens (tertiary/aromatic N) is 2. The predicted octanol–water partition coefficient (Wildman–Crippen LogP) is 2.11. The lowest BCUT2D eigenvalue weighted by Crippen LogP contribution is -2.62. The van der Waals surface area contributed by atoms with Crippen LogP contribution in [0.15, 0.2) is 24.3 Å². The fraction of sp³-hybridized carbons (Fsp3) is 0.560. The van der Waals surface area contributed by atoms with Gasteiger partial charge in [-0.25, -0.2) is 4.79 Å². The van der Waals surface area contributed by atoms with Crippen LogP contribution in [0.25, 0.3) is 0 Å². The Labute approximate surface area is 200 Å². The lowest BCUT2D eigenvalue weighted by molar-refractivity contribution is -0.161. The summed E-state index contributed by atoms with van der Waals surface area (Å²) in [6.45, 7) is 8.75. The Balaban J connectivity index is 1.84. The Kier molecular flexibility index (Phi) is 7.14. The maximum Gasteiger partial charge on any atom is 0.371 e. The first kappa shape index (κ1) is 25.4. The number of amidine groups is 1. The number of aldehydes is 1. The molecule has 9 nitrogen and oxygen atoms in total. The first-order valence-corrected chi connectivity index (χ1v) is 11.6. The molecule has 1 aromatic carbocycles. The number of piperidine rings is 1. The number of hydrogen-bond donors (Lipinski definition) is 2. The molecule has 1 aromatic rings. The van der Waals surface area contributed by atoms with E-state index in [1.54, 1.807) is 29.2 Å². The molecule has 2 fully saturated rings. The fourth-order valence-electron chi connectivity index (χ4n) is 5.06. The zero-order valence-electron chi connectivity index (χ0n) is 20.3. The van der Waals surface area contributed by atoms with Crippen LogP contribution in [0.5, 0.6) is 0 Å². The van der Waals surface area contributed by atoms with Crippen molar-refractivity contribution in [1.82, 2.24) is 9.80 Å². The number of rotatable bonds is 5. The summed E-state index contributed by atoms with van der Waals surface area (Å²) in [6.07, 6.45) is 1.88. The summed E-state index contributed by atoms with van der Waals surface area (Å²) in [5, 5.41) is 7.53. The average Bonchev–Trinajstić information content (AvgIpc) is 3.20. The Morgan fingerprint density at radius 1 is 1.15 bits per heavy atom. The van der Waals surface area contributed by atoms with Gasteiger partial charge in [0.05, 0.1) is 0 Å². The number of hydrogen-bond acceptors (Lipinski definition) is 6. The third-order valence-electron chi connectivity index (χ3n) is 6.98. The van der Waals surface area contributed by atoms with Gasteiger partial charge in [0.15, 0.2) is 0 Å². The van der Waals surface area contributed by atoms with Gasteiger partial charge in [0.1, 0.15) is 17.5 Å². The summed E-state index contributed by atoms with van der Waals surface area (Å²) < 4.78 is 5.25. The van der Waals surface area contributed by atoms with Gasteiger partial charge in [-0.05, 0) is 37.3 Å². The number of ether oxygens (including phenoxy) is 1. The van der Waals surface area contributed by atoms with Gasteiger partial charge in [-0.1, -0.05) is 32.9 Å². The smallest absolute Gasteiger partial charge is 0.371 e. The van der Waals surface area contributed by atoms with Crippen molar-refractivity contribution in [2.24, 2.45) is 11.1 Å². The zero-order chi connectivity index (χ0) is 25.3. The number of esters is 1. The fourth-order valence-corrected chi connectivity index (χ4v) is 5.06. The van der Waals surface area contributed by atoms with Gasteiger partial charge in [0, 0.05) is 43.1 Å². The van der Waals surface area contributed by atoms with Crippen LogP contribution in [0.3, 0.4) is 0 Å². The number of benzene rings is 1. The molecular weight excluding hydrogens is 436 g/mol. The molecular formula is C25H34N4O5. The maximum absolute atomic E-state index is 14.0. The second-order valence-electron chi connectivity index (χ2n) is 10.4. The minimum atomic E-state index is -0.994. The summed E-state index contributed by atoms with van der Waals surface area (Å²) in [4.78, 5) is 53.1. The van der Waals surface area contributed by atoms with Crippen molar-refractivity contribution in [3.8, 4) is 0 Å². The van der Waals surface area contributed by atoms with Gasteiger partial charge in [-0.2, -0.15) is 0 Å². The normalized spacial score (nSPS) is 25.1. The highest BCUT2D eigenvalue weighted by Gasteiger charge is 2.51. The number of nitrogens with one attached hydrogen (secondary N) is 1. The molecule has 2 heterocycles. The van der Waals surface area contributed by atoms with Gasteiger partial charge in [-0.3, -0.25) is 19.8 Å². The van der Waals surface area contributed by atoms with E-state index in [0.29, 0.717) is 49.9 Å². The van der Waals surface area contributed by atoms with Crippen molar-refractivity contribution >= 4 is 29.9 Å². The second kappa shape index (κ2) is 9.56. The molecule has 2 unspecified atom stereocenters. The van der Waals surface area contributed by atoms with E-state index >= 15 is 0 Å². The van der Waals surface area contributed by atoms with Crippen LogP contribution in [0.1, 0.15) is 69.3 Å². The Morgan fingerprint density at radius 2 is 1.76 bits per heavy atom. The van der Waals surface area contributed by atoms with E-state index in [9.17, 15) is 19.2 Å². The monoisotopic (exact) mass is 470 g/mol. The molecule has 0 aliphatic carbocycles. The number of nitrogen functional groups attached to an aromatic ring is 1. The van der Waals surface area contributed by atoms with Crippen LogP contribution < -0.4 is 5.73 Å². The lowest BCUT2D eigenvalue weighted by Gasteiger charge is -2.49. The molecule has 0 saturated carbocycles. The van der Waals surface area contributed by atoms with Gasteiger partial charge < -0.3 is 20.3 Å². The molecule has 2 saturated heterocycles. The van der Waals surface area contributed by atoms with Gasteiger partial charge >= 0.3 is 5.97 Å². The predicted molar refractivity (Wildman–Crippen MR) is 126 cm³/mol. The van der Waals surface area contributed by atoms with E-state index < -0.39 is 17.6 Å². The molecule has 184 valence electrons. The van der Waals surface area contributed by atoms with Crippen molar-refractivity contribution in [1.29, 1.82) is 5.41 Å². The molecule has 9 heteroatoms. The molecule has 3 N–H and O–H groups in total. The third kappa shape index (κ3) is 4.98. The minimum absolute atomic E-state index is 0.0735. The summed E-state index contributed by atoms with van der Waals surface area (Å²) in [5.74, 6) is -1.31. The molecule has 2 aliphatic heterocycles. The highest BCUT2D eigenvalue weighted by Crippen LogP contribution is 2.38. The van der Waals surface area contributed by atoms with E-state index in [1.807, 2.05) is 32.6 Å². The topological polar surface area (TPSA) is 134 Å². The van der Waals surface area contributed by atoms with E-state index in [-0.39, 0.29) is 35.4 Å². The molecule has 34 heavy (non-hydrogen) atoms. The summed E-state index contributed by atoms with van der Waals surface area (Å²) in [6, 6.07) is 6.31. The minimum Gasteiger partial charge on any atom is -0.457 e. The van der Waals surface area contributed by atoms with E-state index in [1.165, 1.54) is 0 Å². The lowest BCUT2D eigenvalue weighted by atomic mass is 9.78. The second-order valence-corrected chi connectivity index (χ2v) is 10.4. The van der Waals surface area contributed by atoms with Crippen LogP contribution in [0.4, 0.5) is 0 Å². The Hall–Kier alpha value is -3.23. The van der Waals surface area contributed by atoms with Crippen molar-refractivity contribution in [2.45, 2.75) is 71.1 Å². The molecule has 3 atom stereocenters. The standard InChI is InChI=1S/C25H34N4O5/c1-24(2,3)19-14-18(34-20(31)15-30)10-13-28(19)23(33)25(4)11-5-12-29(25)22(32)17-8-6-16(7-9-17)21(26)27/h6-9,15,18-19H,5,10-14H2,1-4H3,(H3,26,27)/t18?,19?,25-/m0/s1. The SMILES string of the molecule is CC(C)(C)C1CC(OC(=O)C=O)CCN1C(=O)[C@]1(C)CCCN1C(=O)c1ccc(C(=N)N)cc1. The highest BCUT2D eigenvalue weighted by atomic mass is 16.5. The molecule has 2 amide bonds. The zero-order valence-corrected chi connectivity index (χ0v) is 20.3. The van der Waals surface area contributed by atoms with Crippen LogP contribution >= 0.6 is 0 Å². The van der Waals surface area contributed by atoms with Crippen molar-refractivity contribution in [2.75, 3.05) is 13.1 Å². The highest BCUT2D eigenvalue weighted by molar-refractivity contribution is 6.20. The van der Waals surface area contributed by atoms with E-state index in [0.717, 1.165) is 0 Å². The number of likely N-dealkylation sites (tertiary alicyclic amines) is 2. The average molecular weight is 471 g/mol. The van der Waals surface area contributed by atoms with Gasteiger partial charge in [0.25, 0.3) is 5.91 Å². The molecule has 0 radical (unpaired) electrons. The maximum atomic E-state index is 14.0. The number of carbonyl (C=O) groups excluding carboxylic acids is 4. The first-order valence-electron chi connectivity index (χ1n) is 11.6.